The number of amides is 1. The van der Waals surface area contributed by atoms with E-state index in [1.807, 2.05) is 24.3 Å². The minimum Gasteiger partial charge on any atom is -0.494 e. The lowest BCUT2D eigenvalue weighted by Crippen LogP contribution is -2.44. The molecule has 2 aliphatic rings. The number of thioether (sulfide) groups is 1. The fourth-order valence-corrected chi connectivity index (χ4v) is 3.36. The third kappa shape index (κ3) is 6.12. The quantitative estimate of drug-likeness (QED) is 0.441. The molecule has 2 fully saturated rings. The highest BCUT2D eigenvalue weighted by molar-refractivity contribution is 8.15. The molecule has 0 atom stereocenters. The molecule has 0 aromatic heterocycles. The Kier molecular flexibility index (Phi) is 7.04. The van der Waals surface area contributed by atoms with Crippen LogP contribution >= 0.6 is 11.8 Å². The van der Waals surface area contributed by atoms with Crippen molar-refractivity contribution < 1.29 is 9.53 Å². The smallest absolute Gasteiger partial charge is 0.236 e. The molecule has 2 saturated heterocycles. The summed E-state index contributed by atoms with van der Waals surface area (Å²) in [6.45, 7) is 6.42. The number of ether oxygens (including phenoxy) is 1. The minimum absolute atomic E-state index is 0.0296. The number of amidine groups is 1. The van der Waals surface area contributed by atoms with Crippen LogP contribution in [0.15, 0.2) is 34.5 Å². The largest absolute Gasteiger partial charge is 0.494 e. The monoisotopic (exact) mass is 375 g/mol. The van der Waals surface area contributed by atoms with Crippen LogP contribution < -0.4 is 10.1 Å². The average Bonchev–Trinajstić information content (AvgIpc) is 3.07. The Bertz CT molecular complexity index is 654. The summed E-state index contributed by atoms with van der Waals surface area (Å²) >= 11 is 1.36. The maximum Gasteiger partial charge on any atom is 0.236 e. The number of carbonyl (C=O) groups is 1. The molecule has 0 radical (unpaired) electrons. The first-order valence-corrected chi connectivity index (χ1v) is 9.85. The van der Waals surface area contributed by atoms with E-state index in [9.17, 15) is 4.79 Å². The van der Waals surface area contributed by atoms with Gasteiger partial charge in [-0.3, -0.25) is 4.79 Å². The Hall–Kier alpha value is -1.90. The van der Waals surface area contributed by atoms with E-state index in [4.69, 9.17) is 4.74 Å². The highest BCUT2D eigenvalue weighted by Crippen LogP contribution is 2.12. The molecule has 0 bridgehead atoms. The first-order valence-electron chi connectivity index (χ1n) is 8.86. The molecule has 26 heavy (non-hydrogen) atoms. The number of carbonyl (C=O) groups excluding carboxylic acids is 1. The van der Waals surface area contributed by atoms with Crippen molar-refractivity contribution in [2.45, 2.75) is 6.42 Å². The molecule has 140 valence electrons. The van der Waals surface area contributed by atoms with E-state index in [-0.39, 0.29) is 5.91 Å². The molecule has 3 rings (SSSR count). The number of nitrogens with zero attached hydrogens (tertiary/aromatic N) is 4. The van der Waals surface area contributed by atoms with Gasteiger partial charge in [0.2, 0.25) is 5.91 Å². The highest BCUT2D eigenvalue weighted by atomic mass is 32.2. The summed E-state index contributed by atoms with van der Waals surface area (Å²) in [4.78, 5) is 15.9. The van der Waals surface area contributed by atoms with Crippen molar-refractivity contribution in [3.8, 4) is 5.75 Å². The van der Waals surface area contributed by atoms with E-state index in [0.29, 0.717) is 10.9 Å². The third-order valence-electron chi connectivity index (χ3n) is 4.31. The zero-order valence-electron chi connectivity index (χ0n) is 15.1. The Morgan fingerprint density at radius 1 is 1.23 bits per heavy atom. The molecule has 0 spiro atoms. The molecule has 2 heterocycles. The van der Waals surface area contributed by atoms with E-state index < -0.39 is 0 Å². The predicted molar refractivity (Wildman–Crippen MR) is 106 cm³/mol. The summed E-state index contributed by atoms with van der Waals surface area (Å²) in [5.41, 5.74) is 0.938. The second-order valence-electron chi connectivity index (χ2n) is 6.40. The van der Waals surface area contributed by atoms with Gasteiger partial charge in [-0.1, -0.05) is 11.8 Å². The molecule has 1 amide bonds. The summed E-state index contributed by atoms with van der Waals surface area (Å²) in [6.07, 6.45) is 2.70. The van der Waals surface area contributed by atoms with E-state index >= 15 is 0 Å². The van der Waals surface area contributed by atoms with Gasteiger partial charge in [0, 0.05) is 32.7 Å². The van der Waals surface area contributed by atoms with Gasteiger partial charge in [0.1, 0.15) is 5.75 Å². The predicted octanol–water partition coefficient (Wildman–Crippen LogP) is 1.26. The zero-order chi connectivity index (χ0) is 18.2. The molecule has 0 saturated carbocycles. The van der Waals surface area contributed by atoms with Gasteiger partial charge in [0.05, 0.1) is 18.6 Å². The fraction of sp³-hybridized carbons (Fsp3) is 0.500. The van der Waals surface area contributed by atoms with E-state index in [1.54, 1.807) is 6.21 Å². The van der Waals surface area contributed by atoms with Crippen LogP contribution in [0.1, 0.15) is 12.0 Å². The first-order chi connectivity index (χ1) is 12.7. The van der Waals surface area contributed by atoms with Crippen LogP contribution in [0.25, 0.3) is 0 Å². The summed E-state index contributed by atoms with van der Waals surface area (Å²) < 4.78 is 5.81. The van der Waals surface area contributed by atoms with Gasteiger partial charge >= 0.3 is 0 Å². The van der Waals surface area contributed by atoms with Crippen molar-refractivity contribution in [3.63, 3.8) is 0 Å². The Labute approximate surface area is 158 Å². The number of rotatable bonds is 7. The van der Waals surface area contributed by atoms with Gasteiger partial charge in [-0.05, 0) is 43.3 Å². The van der Waals surface area contributed by atoms with E-state index in [2.05, 4.69) is 32.4 Å². The van der Waals surface area contributed by atoms with Crippen molar-refractivity contribution in [2.75, 3.05) is 52.1 Å². The maximum atomic E-state index is 11.1. The number of likely N-dealkylation sites (N-methyl/N-ethyl adjacent to an activating group) is 1. The number of hydrogen-bond acceptors (Lipinski definition) is 7. The number of benzene rings is 1. The molecule has 1 aromatic carbocycles. The lowest BCUT2D eigenvalue weighted by Gasteiger charge is -2.32. The van der Waals surface area contributed by atoms with E-state index in [1.165, 1.54) is 11.8 Å². The molecule has 0 aliphatic carbocycles. The van der Waals surface area contributed by atoms with E-state index in [0.717, 1.165) is 57.1 Å². The molecular weight excluding hydrogens is 350 g/mol. The third-order valence-corrected chi connectivity index (χ3v) is 5.17. The van der Waals surface area contributed by atoms with Gasteiger partial charge < -0.3 is 19.9 Å². The second kappa shape index (κ2) is 9.70. The SMILES string of the molecule is CN1CCN(CCCOc2ccc(C=NN=C3NC(=O)CS3)cc2)CC1. The molecular formula is C18H25N5O2S. The fourth-order valence-electron chi connectivity index (χ4n) is 2.73. The van der Waals surface area contributed by atoms with Crippen molar-refractivity contribution >= 4 is 29.1 Å². The van der Waals surface area contributed by atoms with Gasteiger partial charge in [0.25, 0.3) is 0 Å². The van der Waals surface area contributed by atoms with Crippen LogP contribution in [0.5, 0.6) is 5.75 Å². The Morgan fingerprint density at radius 2 is 2.00 bits per heavy atom. The van der Waals surface area contributed by atoms with Crippen LogP contribution in [-0.4, -0.2) is 79.2 Å². The minimum atomic E-state index is -0.0296. The first kappa shape index (κ1) is 18.9. The van der Waals surface area contributed by atoms with Crippen molar-refractivity contribution in [3.05, 3.63) is 29.8 Å². The molecule has 0 unspecified atom stereocenters. The lowest BCUT2D eigenvalue weighted by molar-refractivity contribution is -0.116. The summed E-state index contributed by atoms with van der Waals surface area (Å²) in [5, 5.41) is 11.2. The standard InChI is InChI=1S/C18H25N5O2S/c1-22-8-10-23(11-9-22)7-2-12-25-16-5-3-15(4-6-16)13-19-21-18-20-17(24)14-26-18/h3-6,13H,2,7-12,14H2,1H3,(H,20,21,24). The van der Waals surface area contributed by atoms with Gasteiger partial charge in [-0.2, -0.15) is 5.10 Å². The molecule has 2 aliphatic heterocycles. The van der Waals surface area contributed by atoms with Crippen LogP contribution in [0.2, 0.25) is 0 Å². The number of hydrogen-bond donors (Lipinski definition) is 1. The van der Waals surface area contributed by atoms with Crippen molar-refractivity contribution in [1.29, 1.82) is 0 Å². The van der Waals surface area contributed by atoms with Crippen molar-refractivity contribution in [1.82, 2.24) is 15.1 Å². The molecule has 1 aromatic rings. The Morgan fingerprint density at radius 3 is 2.69 bits per heavy atom. The van der Waals surface area contributed by atoms with Gasteiger partial charge in [-0.15, -0.1) is 5.10 Å². The molecule has 1 N–H and O–H groups in total. The average molecular weight is 375 g/mol. The van der Waals surface area contributed by atoms with Crippen LogP contribution in [0, 0.1) is 0 Å². The normalized spacial score (nSPS) is 20.8. The summed E-state index contributed by atoms with van der Waals surface area (Å²) in [6, 6.07) is 7.77. The van der Waals surface area contributed by atoms with Crippen LogP contribution in [0.4, 0.5) is 0 Å². The van der Waals surface area contributed by atoms with Gasteiger partial charge in [-0.25, -0.2) is 0 Å². The van der Waals surface area contributed by atoms with Crippen LogP contribution in [0.3, 0.4) is 0 Å². The molecule has 7 nitrogen and oxygen atoms in total. The van der Waals surface area contributed by atoms with Crippen LogP contribution in [-0.2, 0) is 4.79 Å². The van der Waals surface area contributed by atoms with Gasteiger partial charge in [0.15, 0.2) is 5.17 Å². The lowest BCUT2D eigenvalue weighted by atomic mass is 10.2. The molecule has 8 heteroatoms. The number of nitrogens with one attached hydrogen (secondary N) is 1. The highest BCUT2D eigenvalue weighted by Gasteiger charge is 2.16. The number of piperazine rings is 1. The maximum absolute atomic E-state index is 11.1. The topological polar surface area (TPSA) is 69.5 Å². The zero-order valence-corrected chi connectivity index (χ0v) is 15.9. The second-order valence-corrected chi connectivity index (χ2v) is 7.37. The Balaban J connectivity index is 1.35. The summed E-state index contributed by atoms with van der Waals surface area (Å²) in [7, 11) is 2.17. The summed E-state index contributed by atoms with van der Waals surface area (Å²) in [5.74, 6) is 1.25. The van der Waals surface area contributed by atoms with Crippen molar-refractivity contribution in [2.24, 2.45) is 10.2 Å².